The fourth-order valence-electron chi connectivity index (χ4n) is 3.40. The van der Waals surface area contributed by atoms with Crippen molar-refractivity contribution >= 4 is 27.3 Å². The number of carbonyl (C=O) groups is 1. The van der Waals surface area contributed by atoms with E-state index in [1.165, 1.54) is 11.3 Å². The zero-order chi connectivity index (χ0) is 21.7. The third-order valence-electron chi connectivity index (χ3n) is 4.80. The number of thiazole rings is 1. The number of rotatable bonds is 8. The number of nitrogens with zero attached hydrogens (tertiary/aromatic N) is 2. The van der Waals surface area contributed by atoms with E-state index in [0.29, 0.717) is 38.0 Å². The lowest BCUT2D eigenvalue weighted by molar-refractivity contribution is 0.0706. The highest BCUT2D eigenvalue weighted by Crippen LogP contribution is 2.27. The first-order chi connectivity index (χ1) is 14.3. The number of likely N-dealkylation sites (tertiary alicyclic amines) is 1. The number of sulfonamides is 1. The molecule has 7 nitrogen and oxygen atoms in total. The van der Waals surface area contributed by atoms with Gasteiger partial charge in [0.2, 0.25) is 10.0 Å². The summed E-state index contributed by atoms with van der Waals surface area (Å²) in [5, 5.41) is 2.57. The third-order valence-corrected chi connectivity index (χ3v) is 7.33. The molecule has 30 heavy (non-hydrogen) atoms. The van der Waals surface area contributed by atoms with E-state index < -0.39 is 10.0 Å². The maximum absolute atomic E-state index is 12.8. The lowest BCUT2D eigenvalue weighted by atomic mass is 10.1. The molecule has 1 fully saturated rings. The van der Waals surface area contributed by atoms with E-state index in [9.17, 15) is 13.2 Å². The smallest absolute Gasteiger partial charge is 0.273 e. The van der Waals surface area contributed by atoms with Crippen molar-refractivity contribution in [2.24, 2.45) is 0 Å². The topological polar surface area (TPSA) is 88.6 Å². The van der Waals surface area contributed by atoms with Gasteiger partial charge in [0.15, 0.2) is 0 Å². The summed E-state index contributed by atoms with van der Waals surface area (Å²) < 4.78 is 32.3. The summed E-state index contributed by atoms with van der Waals surface area (Å²) in [6.45, 7) is 6.85. The van der Waals surface area contributed by atoms with Crippen LogP contribution in [0.4, 0.5) is 0 Å². The van der Waals surface area contributed by atoms with Crippen molar-refractivity contribution in [2.75, 3.05) is 18.8 Å². The Labute approximate surface area is 182 Å². The molecule has 2 aromatic rings. The molecule has 1 N–H and O–H groups in total. The van der Waals surface area contributed by atoms with Crippen LogP contribution in [0.15, 0.2) is 29.6 Å². The second-order valence-corrected chi connectivity index (χ2v) is 10.5. The van der Waals surface area contributed by atoms with Crippen molar-refractivity contribution in [2.45, 2.75) is 52.2 Å². The summed E-state index contributed by atoms with van der Waals surface area (Å²) in [5.74, 6) is 0.837. The van der Waals surface area contributed by atoms with Crippen molar-refractivity contribution in [3.8, 4) is 16.3 Å². The van der Waals surface area contributed by atoms with Crippen LogP contribution in [-0.4, -0.2) is 55.2 Å². The molecule has 0 unspecified atom stereocenters. The summed E-state index contributed by atoms with van der Waals surface area (Å²) in [4.78, 5) is 19.1. The number of benzene rings is 1. The first-order valence-electron chi connectivity index (χ1n) is 10.3. The molecular formula is C21H29N3O4S2. The second-order valence-electron chi connectivity index (χ2n) is 7.73. The van der Waals surface area contributed by atoms with Crippen LogP contribution in [-0.2, 0) is 10.0 Å². The largest absolute Gasteiger partial charge is 0.491 e. The predicted octanol–water partition coefficient (Wildman–Crippen LogP) is 3.53. The van der Waals surface area contributed by atoms with E-state index in [1.807, 2.05) is 45.0 Å². The molecule has 0 aliphatic carbocycles. The van der Waals surface area contributed by atoms with Crippen molar-refractivity contribution in [1.29, 1.82) is 0 Å². The summed E-state index contributed by atoms with van der Waals surface area (Å²) in [6, 6.07) is 7.59. The van der Waals surface area contributed by atoms with Gasteiger partial charge in [-0.1, -0.05) is 6.92 Å². The Bertz CT molecular complexity index is 947. The SMILES string of the molecule is CCCS(=O)(=O)NC1CCN(C(=O)c2csc(-c3ccc(OC(C)C)cc3)n2)CC1. The zero-order valence-corrected chi connectivity index (χ0v) is 19.3. The van der Waals surface area contributed by atoms with Crippen LogP contribution < -0.4 is 9.46 Å². The summed E-state index contributed by atoms with van der Waals surface area (Å²) in [7, 11) is -3.23. The van der Waals surface area contributed by atoms with Gasteiger partial charge in [-0.2, -0.15) is 0 Å². The molecule has 9 heteroatoms. The minimum Gasteiger partial charge on any atom is -0.491 e. The molecule has 1 amide bonds. The number of ether oxygens (including phenoxy) is 1. The Hall–Kier alpha value is -1.97. The van der Waals surface area contributed by atoms with Gasteiger partial charge in [-0.05, 0) is 57.4 Å². The highest BCUT2D eigenvalue weighted by atomic mass is 32.2. The number of amides is 1. The van der Waals surface area contributed by atoms with Crippen molar-refractivity contribution in [1.82, 2.24) is 14.6 Å². The summed E-state index contributed by atoms with van der Waals surface area (Å²) >= 11 is 1.44. The number of carbonyl (C=O) groups excluding carboxylic acids is 1. The van der Waals surface area contributed by atoms with Gasteiger partial charge < -0.3 is 9.64 Å². The molecule has 1 aliphatic heterocycles. The molecule has 0 bridgehead atoms. The van der Waals surface area contributed by atoms with Crippen molar-refractivity contribution < 1.29 is 17.9 Å². The Kier molecular flexibility index (Phi) is 7.49. The van der Waals surface area contributed by atoms with Crippen molar-refractivity contribution in [3.05, 3.63) is 35.3 Å². The number of aromatic nitrogens is 1. The van der Waals surface area contributed by atoms with Gasteiger partial charge in [-0.3, -0.25) is 4.79 Å². The number of hydrogen-bond acceptors (Lipinski definition) is 6. The Balaban J connectivity index is 1.58. The second kappa shape index (κ2) is 9.89. The fourth-order valence-corrected chi connectivity index (χ4v) is 5.60. The predicted molar refractivity (Wildman–Crippen MR) is 119 cm³/mol. The van der Waals surface area contributed by atoms with E-state index in [1.54, 1.807) is 10.3 Å². The molecule has 164 valence electrons. The molecule has 1 aliphatic rings. The van der Waals surface area contributed by atoms with Crippen LogP contribution in [0.5, 0.6) is 5.75 Å². The van der Waals surface area contributed by atoms with Crippen molar-refractivity contribution in [3.63, 3.8) is 0 Å². The third kappa shape index (κ3) is 6.02. The van der Waals surface area contributed by atoms with E-state index >= 15 is 0 Å². The van der Waals surface area contributed by atoms with Crippen LogP contribution in [0.3, 0.4) is 0 Å². The first kappa shape index (κ1) is 22.7. The van der Waals surface area contributed by atoms with Crippen LogP contribution in [0.1, 0.15) is 50.5 Å². The lowest BCUT2D eigenvalue weighted by Gasteiger charge is -2.31. The minimum atomic E-state index is -3.23. The summed E-state index contributed by atoms with van der Waals surface area (Å²) in [5.41, 5.74) is 1.38. The van der Waals surface area contributed by atoms with E-state index in [4.69, 9.17) is 4.74 Å². The fraction of sp³-hybridized carbons (Fsp3) is 0.524. The maximum atomic E-state index is 12.8. The maximum Gasteiger partial charge on any atom is 0.273 e. The van der Waals surface area contributed by atoms with Gasteiger partial charge in [-0.25, -0.2) is 18.1 Å². The van der Waals surface area contributed by atoms with Gasteiger partial charge in [0.05, 0.1) is 11.9 Å². The summed E-state index contributed by atoms with van der Waals surface area (Å²) in [6.07, 6.45) is 1.93. The average molecular weight is 452 g/mol. The molecule has 1 aromatic heterocycles. The van der Waals surface area contributed by atoms with E-state index in [-0.39, 0.29) is 23.8 Å². The number of hydrogen-bond donors (Lipinski definition) is 1. The highest BCUT2D eigenvalue weighted by molar-refractivity contribution is 7.89. The molecule has 0 spiro atoms. The van der Waals surface area contributed by atoms with Gasteiger partial charge in [0.1, 0.15) is 16.5 Å². The van der Waals surface area contributed by atoms with Gasteiger partial charge in [0.25, 0.3) is 5.91 Å². The molecule has 0 saturated carbocycles. The quantitative estimate of drug-likeness (QED) is 0.663. The number of nitrogens with one attached hydrogen (secondary N) is 1. The van der Waals surface area contributed by atoms with Crippen LogP contribution in [0.2, 0.25) is 0 Å². The molecule has 2 heterocycles. The van der Waals surface area contributed by atoms with Crippen LogP contribution in [0.25, 0.3) is 10.6 Å². The van der Waals surface area contributed by atoms with Crippen LogP contribution in [0, 0.1) is 0 Å². The monoisotopic (exact) mass is 451 g/mol. The van der Waals surface area contributed by atoms with Gasteiger partial charge in [-0.15, -0.1) is 11.3 Å². The van der Waals surface area contributed by atoms with Gasteiger partial charge in [0, 0.05) is 30.1 Å². The zero-order valence-electron chi connectivity index (χ0n) is 17.6. The van der Waals surface area contributed by atoms with E-state index in [2.05, 4.69) is 9.71 Å². The molecule has 1 saturated heterocycles. The number of piperidine rings is 1. The Morgan fingerprint density at radius 1 is 1.27 bits per heavy atom. The van der Waals surface area contributed by atoms with Crippen LogP contribution >= 0.6 is 11.3 Å². The molecule has 0 radical (unpaired) electrons. The average Bonchev–Trinajstić information content (AvgIpc) is 3.18. The first-order valence-corrected chi connectivity index (χ1v) is 12.8. The Morgan fingerprint density at radius 3 is 2.53 bits per heavy atom. The molecule has 0 atom stereocenters. The van der Waals surface area contributed by atoms with Gasteiger partial charge >= 0.3 is 0 Å². The minimum absolute atomic E-state index is 0.105. The molecule has 1 aromatic carbocycles. The normalized spacial score (nSPS) is 15.5. The highest BCUT2D eigenvalue weighted by Gasteiger charge is 2.27. The molecular weight excluding hydrogens is 422 g/mol. The van der Waals surface area contributed by atoms with E-state index in [0.717, 1.165) is 16.3 Å². The lowest BCUT2D eigenvalue weighted by Crippen LogP contribution is -2.47. The molecule has 3 rings (SSSR count). The standard InChI is InChI=1S/C21H29N3O4S2/c1-4-13-30(26,27)23-17-9-11-24(12-10-17)21(25)19-14-29-20(22-19)16-5-7-18(8-6-16)28-15(2)3/h5-8,14-15,17,23H,4,9-13H2,1-3H3. The Morgan fingerprint density at radius 2 is 1.93 bits per heavy atom.